The van der Waals surface area contributed by atoms with Crippen LogP contribution in [-0.4, -0.2) is 58.4 Å². The second-order valence-corrected chi connectivity index (χ2v) is 5.05. The van der Waals surface area contributed by atoms with Crippen LogP contribution in [0.15, 0.2) is 0 Å². The Morgan fingerprint density at radius 1 is 1.39 bits per heavy atom. The zero-order valence-electron chi connectivity index (χ0n) is 10.7. The van der Waals surface area contributed by atoms with Crippen molar-refractivity contribution in [3.63, 3.8) is 0 Å². The lowest BCUT2D eigenvalue weighted by Crippen LogP contribution is -2.56. The molecule has 1 rings (SSSR count). The fraction of sp³-hybridized carbons (Fsp3) is 0.727. The van der Waals surface area contributed by atoms with Crippen LogP contribution in [0.1, 0.15) is 20.8 Å². The average molecular weight is 255 g/mol. The Balaban J connectivity index is 2.71. The maximum atomic E-state index is 11.8. The lowest BCUT2D eigenvalue weighted by molar-refractivity contribution is 0.00726. The molecule has 0 aromatic carbocycles. The minimum Gasteiger partial charge on any atom is -0.465 e. The van der Waals surface area contributed by atoms with Crippen molar-refractivity contribution in [2.45, 2.75) is 32.4 Å². The van der Waals surface area contributed by atoms with E-state index in [-0.39, 0.29) is 19.6 Å². The van der Waals surface area contributed by atoms with E-state index in [1.165, 1.54) is 4.90 Å². The van der Waals surface area contributed by atoms with Crippen molar-refractivity contribution >= 4 is 12.2 Å². The predicted molar refractivity (Wildman–Crippen MR) is 61.9 cm³/mol. The number of piperazine rings is 1. The van der Waals surface area contributed by atoms with Gasteiger partial charge in [-0.2, -0.15) is 5.26 Å². The molecule has 1 atom stereocenters. The molecule has 1 fully saturated rings. The Morgan fingerprint density at radius 3 is 2.44 bits per heavy atom. The van der Waals surface area contributed by atoms with Gasteiger partial charge in [0.15, 0.2) is 0 Å². The van der Waals surface area contributed by atoms with Crippen molar-refractivity contribution in [3.8, 4) is 6.07 Å². The number of amides is 2. The zero-order chi connectivity index (χ0) is 13.9. The van der Waals surface area contributed by atoms with E-state index in [1.54, 1.807) is 20.8 Å². The highest BCUT2D eigenvalue weighted by atomic mass is 16.6. The second-order valence-electron chi connectivity index (χ2n) is 5.05. The third kappa shape index (κ3) is 3.52. The first-order chi connectivity index (χ1) is 8.24. The molecule has 7 heteroatoms. The molecule has 0 saturated carbocycles. The first-order valence-corrected chi connectivity index (χ1v) is 5.61. The second kappa shape index (κ2) is 5.12. The first kappa shape index (κ1) is 14.1. The van der Waals surface area contributed by atoms with E-state index in [4.69, 9.17) is 15.1 Å². The minimum absolute atomic E-state index is 0.00885. The summed E-state index contributed by atoms with van der Waals surface area (Å²) < 4.78 is 5.17. The minimum atomic E-state index is -1.08. The molecule has 0 aliphatic carbocycles. The van der Waals surface area contributed by atoms with Crippen molar-refractivity contribution in [2.24, 2.45) is 0 Å². The summed E-state index contributed by atoms with van der Waals surface area (Å²) in [5.74, 6) is 0. The summed E-state index contributed by atoms with van der Waals surface area (Å²) in [6.07, 6.45) is -1.67. The summed E-state index contributed by atoms with van der Waals surface area (Å²) in [6.45, 7) is 5.55. The van der Waals surface area contributed by atoms with Crippen molar-refractivity contribution in [1.29, 1.82) is 5.26 Å². The largest absolute Gasteiger partial charge is 0.465 e. The van der Waals surface area contributed by atoms with Gasteiger partial charge in [-0.3, -0.25) is 4.90 Å². The van der Waals surface area contributed by atoms with Crippen LogP contribution < -0.4 is 0 Å². The van der Waals surface area contributed by atoms with Gasteiger partial charge < -0.3 is 14.7 Å². The highest BCUT2D eigenvalue weighted by molar-refractivity contribution is 5.70. The van der Waals surface area contributed by atoms with Crippen molar-refractivity contribution < 1.29 is 19.4 Å². The molecule has 1 aliphatic heterocycles. The third-order valence-electron chi connectivity index (χ3n) is 2.43. The summed E-state index contributed by atoms with van der Waals surface area (Å²) in [6, 6.07) is 1.12. The SMILES string of the molecule is CC(C)(C)OC(=O)N1CCN(C(=O)O)CC1C#N. The molecule has 0 spiro atoms. The maximum Gasteiger partial charge on any atom is 0.411 e. The van der Waals surface area contributed by atoms with Crippen LogP contribution in [0, 0.1) is 11.3 Å². The van der Waals surface area contributed by atoms with Gasteiger partial charge in [-0.1, -0.05) is 0 Å². The molecular weight excluding hydrogens is 238 g/mol. The van der Waals surface area contributed by atoms with Gasteiger partial charge >= 0.3 is 12.2 Å². The number of nitrogens with zero attached hydrogens (tertiary/aromatic N) is 3. The molecule has 1 aliphatic rings. The molecule has 0 radical (unpaired) electrons. The van der Waals surface area contributed by atoms with E-state index in [1.807, 2.05) is 6.07 Å². The molecule has 0 aromatic rings. The fourth-order valence-corrected chi connectivity index (χ4v) is 1.61. The summed E-state index contributed by atoms with van der Waals surface area (Å²) in [4.78, 5) is 25.0. The lowest BCUT2D eigenvalue weighted by Gasteiger charge is -2.37. The van der Waals surface area contributed by atoms with Crippen LogP contribution in [0.25, 0.3) is 0 Å². The summed E-state index contributed by atoms with van der Waals surface area (Å²) in [7, 11) is 0. The van der Waals surface area contributed by atoms with Gasteiger partial charge in [0.1, 0.15) is 11.6 Å². The van der Waals surface area contributed by atoms with Crippen molar-refractivity contribution in [3.05, 3.63) is 0 Å². The molecule has 0 bridgehead atoms. The maximum absolute atomic E-state index is 11.8. The highest BCUT2D eigenvalue weighted by Gasteiger charge is 2.34. The lowest BCUT2D eigenvalue weighted by atomic mass is 10.2. The Bertz CT molecular complexity index is 383. The fourth-order valence-electron chi connectivity index (χ4n) is 1.61. The molecular formula is C11H17N3O4. The third-order valence-corrected chi connectivity index (χ3v) is 2.43. The highest BCUT2D eigenvalue weighted by Crippen LogP contribution is 2.15. The number of carbonyl (C=O) groups excluding carboxylic acids is 1. The molecule has 1 N–H and O–H groups in total. The average Bonchev–Trinajstić information content (AvgIpc) is 2.25. The van der Waals surface area contributed by atoms with Gasteiger partial charge in [-0.25, -0.2) is 9.59 Å². The smallest absolute Gasteiger partial charge is 0.411 e. The summed E-state index contributed by atoms with van der Waals surface area (Å²) in [5, 5.41) is 17.8. The molecule has 0 aromatic heterocycles. The van der Waals surface area contributed by atoms with Crippen LogP contribution in [0.4, 0.5) is 9.59 Å². The Kier molecular flexibility index (Phi) is 4.01. The van der Waals surface area contributed by atoms with E-state index >= 15 is 0 Å². The normalized spacial score (nSPS) is 20.2. The van der Waals surface area contributed by atoms with Crippen LogP contribution in [0.5, 0.6) is 0 Å². The molecule has 100 valence electrons. The quantitative estimate of drug-likeness (QED) is 0.699. The molecule has 2 amide bonds. The predicted octanol–water partition coefficient (Wildman–Crippen LogP) is 1.11. The first-order valence-electron chi connectivity index (χ1n) is 5.61. The number of hydrogen-bond acceptors (Lipinski definition) is 4. The van der Waals surface area contributed by atoms with Gasteiger partial charge in [-0.15, -0.1) is 0 Å². The molecule has 7 nitrogen and oxygen atoms in total. The number of rotatable bonds is 0. The molecule has 1 unspecified atom stereocenters. The summed E-state index contributed by atoms with van der Waals surface area (Å²) in [5.41, 5.74) is -0.638. The Hall–Kier alpha value is -1.97. The van der Waals surface area contributed by atoms with E-state index in [2.05, 4.69) is 0 Å². The number of carbonyl (C=O) groups is 2. The number of ether oxygens (including phenoxy) is 1. The van der Waals surface area contributed by atoms with E-state index < -0.39 is 23.8 Å². The molecule has 1 saturated heterocycles. The van der Waals surface area contributed by atoms with Crippen LogP contribution >= 0.6 is 0 Å². The van der Waals surface area contributed by atoms with Gasteiger partial charge in [0.25, 0.3) is 0 Å². The number of nitriles is 1. The number of hydrogen-bond donors (Lipinski definition) is 1. The van der Waals surface area contributed by atoms with Gasteiger partial charge in [-0.05, 0) is 20.8 Å². The Morgan fingerprint density at radius 2 is 2.00 bits per heavy atom. The van der Waals surface area contributed by atoms with Crippen molar-refractivity contribution in [2.75, 3.05) is 19.6 Å². The van der Waals surface area contributed by atoms with Crippen LogP contribution in [0.2, 0.25) is 0 Å². The van der Waals surface area contributed by atoms with Crippen LogP contribution in [0.3, 0.4) is 0 Å². The van der Waals surface area contributed by atoms with Crippen LogP contribution in [-0.2, 0) is 4.74 Å². The topological polar surface area (TPSA) is 93.9 Å². The van der Waals surface area contributed by atoms with E-state index in [9.17, 15) is 9.59 Å². The van der Waals surface area contributed by atoms with E-state index in [0.717, 1.165) is 4.90 Å². The molecule has 1 heterocycles. The summed E-state index contributed by atoms with van der Waals surface area (Å²) >= 11 is 0. The zero-order valence-corrected chi connectivity index (χ0v) is 10.7. The monoisotopic (exact) mass is 255 g/mol. The molecule has 18 heavy (non-hydrogen) atoms. The number of carboxylic acid groups (broad SMARTS) is 1. The standard InChI is InChI=1S/C11H17N3O4/c1-11(2,3)18-10(17)14-5-4-13(9(15)16)7-8(14)6-12/h8H,4-5,7H2,1-3H3,(H,15,16). The van der Waals surface area contributed by atoms with Crippen molar-refractivity contribution in [1.82, 2.24) is 9.80 Å². The Labute approximate surface area is 106 Å². The van der Waals surface area contributed by atoms with Gasteiger partial charge in [0.05, 0.1) is 12.6 Å². The van der Waals surface area contributed by atoms with Gasteiger partial charge in [0, 0.05) is 13.1 Å². The van der Waals surface area contributed by atoms with E-state index in [0.29, 0.717) is 0 Å². The van der Waals surface area contributed by atoms with Gasteiger partial charge in [0.2, 0.25) is 0 Å².